The normalized spacial score (nSPS) is 13.2. The lowest BCUT2D eigenvalue weighted by molar-refractivity contribution is 0.0818. The number of oxime groups is 1. The molecule has 0 aliphatic rings. The molecule has 0 spiro atoms. The zero-order valence-corrected chi connectivity index (χ0v) is 19.1. The number of rotatable bonds is 10. The molecule has 2 rings (SSSR count). The second-order valence-corrected chi connectivity index (χ2v) is 8.83. The Morgan fingerprint density at radius 1 is 1.03 bits per heavy atom. The largest absolute Gasteiger partial charge is 0.483 e. The molecule has 162 valence electrons. The van der Waals surface area contributed by atoms with Crippen LogP contribution < -0.4 is 4.74 Å². The topological polar surface area (TPSA) is 94.4 Å². The number of carbonyl (C=O) groups excluding carboxylic acids is 1. The van der Waals surface area contributed by atoms with Crippen LogP contribution in [0.2, 0.25) is 10.0 Å². The Morgan fingerprint density at radius 2 is 1.60 bits per heavy atom. The van der Waals surface area contributed by atoms with E-state index in [1.54, 1.807) is 45.0 Å². The number of Topliss-reactive ketones (excluding diaryl/α,β-unsaturated/α-hetero) is 1. The molecule has 7 nitrogen and oxygen atoms in total. The Bertz CT molecular complexity index is 954. The van der Waals surface area contributed by atoms with Crippen molar-refractivity contribution >= 4 is 42.0 Å². The van der Waals surface area contributed by atoms with Crippen LogP contribution >= 0.6 is 30.8 Å². The van der Waals surface area contributed by atoms with E-state index in [9.17, 15) is 14.6 Å². The maximum absolute atomic E-state index is 13.2. The minimum Gasteiger partial charge on any atom is -0.483 e. The third-order valence-electron chi connectivity index (χ3n) is 3.94. The first kappa shape index (κ1) is 24.4. The van der Waals surface area contributed by atoms with E-state index in [0.717, 1.165) is 0 Å². The summed E-state index contributed by atoms with van der Waals surface area (Å²) < 4.78 is 29.4. The second-order valence-electron chi connectivity index (χ2n) is 6.02. The summed E-state index contributed by atoms with van der Waals surface area (Å²) in [7, 11) is -3.99. The standard InChI is InChI=1S/C20H22Cl2NO6P/c1-4-27-30(26,28-5-2)20(23-25)17-11-8-15(22)12-18(17)19(24)13(3)29-16-9-6-14(21)7-10-16/h6-13,25H,4-5H2,1-3H3. The van der Waals surface area contributed by atoms with E-state index in [1.165, 1.54) is 18.2 Å². The van der Waals surface area contributed by atoms with Crippen LogP contribution in [0.1, 0.15) is 36.7 Å². The minimum atomic E-state index is -3.99. The quantitative estimate of drug-likeness (QED) is 0.148. The Hall–Kier alpha value is -1.89. The van der Waals surface area contributed by atoms with Gasteiger partial charge < -0.3 is 19.0 Å². The molecule has 1 atom stereocenters. The zero-order valence-electron chi connectivity index (χ0n) is 16.7. The summed E-state index contributed by atoms with van der Waals surface area (Å²) in [4.78, 5) is 13.1. The van der Waals surface area contributed by atoms with Gasteiger partial charge in [0.05, 0.1) is 13.2 Å². The molecular formula is C20H22Cl2NO6P. The van der Waals surface area contributed by atoms with Gasteiger partial charge in [-0.15, -0.1) is 0 Å². The molecule has 0 aliphatic heterocycles. The molecule has 2 aromatic rings. The SMILES string of the molecule is CCOP(=O)(OCC)C(=NO)c1ccc(Cl)cc1C(=O)C(C)Oc1ccc(Cl)cc1. The van der Waals surface area contributed by atoms with E-state index < -0.39 is 19.5 Å². The third-order valence-corrected chi connectivity index (χ3v) is 6.47. The fourth-order valence-electron chi connectivity index (χ4n) is 2.66. The lowest BCUT2D eigenvalue weighted by atomic mass is 10.0. The molecule has 0 saturated carbocycles. The van der Waals surface area contributed by atoms with Crippen molar-refractivity contribution in [2.75, 3.05) is 13.2 Å². The van der Waals surface area contributed by atoms with Crippen LogP contribution in [0.4, 0.5) is 0 Å². The number of ketones is 1. The molecular weight excluding hydrogens is 452 g/mol. The Morgan fingerprint density at radius 3 is 2.13 bits per heavy atom. The Labute approximate surface area is 185 Å². The molecule has 0 bridgehead atoms. The van der Waals surface area contributed by atoms with Gasteiger partial charge >= 0.3 is 7.60 Å². The lowest BCUT2D eigenvalue weighted by Crippen LogP contribution is -2.26. The third kappa shape index (κ3) is 5.84. The highest BCUT2D eigenvalue weighted by molar-refractivity contribution is 7.73. The van der Waals surface area contributed by atoms with Crippen LogP contribution in [0.25, 0.3) is 0 Å². The predicted molar refractivity (Wildman–Crippen MR) is 117 cm³/mol. The summed E-state index contributed by atoms with van der Waals surface area (Å²) in [6, 6.07) is 10.8. The average molecular weight is 474 g/mol. The molecule has 1 unspecified atom stereocenters. The van der Waals surface area contributed by atoms with Crippen molar-refractivity contribution in [3.8, 4) is 5.75 Å². The first-order chi connectivity index (χ1) is 14.3. The number of ether oxygens (including phenoxy) is 1. The van der Waals surface area contributed by atoms with Crippen LogP contribution in [-0.4, -0.2) is 35.8 Å². The molecule has 1 N–H and O–H groups in total. The molecule has 0 fully saturated rings. The van der Waals surface area contributed by atoms with Crippen molar-refractivity contribution in [1.82, 2.24) is 0 Å². The summed E-state index contributed by atoms with van der Waals surface area (Å²) in [5.41, 5.74) is -0.259. The number of halogens is 2. The van der Waals surface area contributed by atoms with Crippen molar-refractivity contribution in [3.05, 3.63) is 63.6 Å². The van der Waals surface area contributed by atoms with E-state index >= 15 is 0 Å². The predicted octanol–water partition coefficient (Wildman–Crippen LogP) is 6.05. The Balaban J connectivity index is 2.45. The maximum atomic E-state index is 13.2. The molecule has 0 saturated heterocycles. The van der Waals surface area contributed by atoms with E-state index in [1.807, 2.05) is 0 Å². The number of benzene rings is 2. The number of hydrogen-bond donors (Lipinski definition) is 1. The lowest BCUT2D eigenvalue weighted by Gasteiger charge is -2.21. The van der Waals surface area contributed by atoms with Crippen LogP contribution in [0.15, 0.2) is 47.6 Å². The van der Waals surface area contributed by atoms with Crippen molar-refractivity contribution in [2.45, 2.75) is 26.9 Å². The second kappa shape index (κ2) is 10.9. The summed E-state index contributed by atoms with van der Waals surface area (Å²) in [5, 5.41) is 13.6. The number of nitrogens with zero attached hydrogens (tertiary/aromatic N) is 1. The highest BCUT2D eigenvalue weighted by Crippen LogP contribution is 2.52. The van der Waals surface area contributed by atoms with Gasteiger partial charge in [-0.25, -0.2) is 0 Å². The van der Waals surface area contributed by atoms with Crippen molar-refractivity contribution < 1.29 is 28.4 Å². The van der Waals surface area contributed by atoms with Crippen LogP contribution in [-0.2, 0) is 13.6 Å². The fourth-order valence-corrected chi connectivity index (χ4v) is 4.56. The molecule has 0 heterocycles. The van der Waals surface area contributed by atoms with E-state index in [0.29, 0.717) is 10.8 Å². The van der Waals surface area contributed by atoms with Crippen LogP contribution in [0, 0.1) is 0 Å². The van der Waals surface area contributed by atoms with E-state index in [-0.39, 0.29) is 34.8 Å². The van der Waals surface area contributed by atoms with Crippen molar-refractivity contribution in [1.29, 1.82) is 0 Å². The maximum Gasteiger partial charge on any atom is 0.383 e. The van der Waals surface area contributed by atoms with Gasteiger partial charge in [0.2, 0.25) is 5.78 Å². The van der Waals surface area contributed by atoms with Crippen molar-refractivity contribution in [3.63, 3.8) is 0 Å². The first-order valence-corrected chi connectivity index (χ1v) is 11.4. The molecule has 0 amide bonds. The van der Waals surface area contributed by atoms with Gasteiger partial charge in [0.1, 0.15) is 5.75 Å². The monoisotopic (exact) mass is 473 g/mol. The summed E-state index contributed by atoms with van der Waals surface area (Å²) in [6.45, 7) is 4.89. The molecule has 30 heavy (non-hydrogen) atoms. The minimum absolute atomic E-state index is 0.0449. The van der Waals surface area contributed by atoms with Crippen LogP contribution in [0.5, 0.6) is 5.75 Å². The van der Waals surface area contributed by atoms with E-state index in [4.69, 9.17) is 37.0 Å². The fraction of sp³-hybridized carbons (Fsp3) is 0.300. The number of hydrogen-bond acceptors (Lipinski definition) is 7. The van der Waals surface area contributed by atoms with Gasteiger partial charge in [0.15, 0.2) is 11.6 Å². The molecule has 0 aliphatic carbocycles. The summed E-state index contributed by atoms with van der Waals surface area (Å²) in [5.74, 6) is -0.0303. The van der Waals surface area contributed by atoms with Crippen molar-refractivity contribution in [2.24, 2.45) is 5.16 Å². The van der Waals surface area contributed by atoms with Gasteiger partial charge in [-0.05, 0) is 57.2 Å². The summed E-state index contributed by atoms with van der Waals surface area (Å²) in [6.07, 6.45) is -0.929. The van der Waals surface area contributed by atoms with Crippen LogP contribution in [0.3, 0.4) is 0 Å². The van der Waals surface area contributed by atoms with Gasteiger partial charge in [0, 0.05) is 21.2 Å². The smallest absolute Gasteiger partial charge is 0.383 e. The first-order valence-electron chi connectivity index (χ1n) is 9.13. The molecule has 0 radical (unpaired) electrons. The van der Waals surface area contributed by atoms with Gasteiger partial charge in [-0.3, -0.25) is 9.36 Å². The molecule has 2 aromatic carbocycles. The molecule has 10 heteroatoms. The average Bonchev–Trinajstić information content (AvgIpc) is 2.71. The zero-order chi connectivity index (χ0) is 22.3. The highest BCUT2D eigenvalue weighted by atomic mass is 35.5. The highest BCUT2D eigenvalue weighted by Gasteiger charge is 2.36. The van der Waals surface area contributed by atoms with Gasteiger partial charge in [0.25, 0.3) is 0 Å². The summed E-state index contributed by atoms with van der Waals surface area (Å²) >= 11 is 12.0. The number of carbonyl (C=O) groups is 1. The molecule has 0 aromatic heterocycles. The van der Waals surface area contributed by atoms with Gasteiger partial charge in [-0.2, -0.15) is 0 Å². The van der Waals surface area contributed by atoms with Gasteiger partial charge in [-0.1, -0.05) is 34.4 Å². The Kier molecular flexibility index (Phi) is 8.89. The van der Waals surface area contributed by atoms with E-state index in [2.05, 4.69) is 5.16 Å².